The van der Waals surface area contributed by atoms with Crippen LogP contribution in [0.2, 0.25) is 0 Å². The normalized spacial score (nSPS) is 15.1. The van der Waals surface area contributed by atoms with Crippen LogP contribution in [0.25, 0.3) is 43.1 Å². The number of imide groups is 2. The predicted molar refractivity (Wildman–Crippen MR) is 190 cm³/mol. The minimum atomic E-state index is -0.233. The fourth-order valence-electron chi connectivity index (χ4n) is 7.93. The van der Waals surface area contributed by atoms with E-state index in [0.29, 0.717) is 51.5 Å². The molecule has 0 aliphatic carbocycles. The van der Waals surface area contributed by atoms with Crippen LogP contribution in [-0.2, 0) is 0 Å². The maximum absolute atomic E-state index is 13.8. The SMILES string of the molecule is CCCCCCCN1C(=O)c2ccc3c4ccc5c6c(ccc(c7ccc(c2c37)C1=O)c64)C(=O)N(CCCCCCC(C)(C)C)C5=O. The summed E-state index contributed by atoms with van der Waals surface area (Å²) in [5.74, 6) is -0.933. The first-order valence-corrected chi connectivity index (χ1v) is 17.5. The van der Waals surface area contributed by atoms with Crippen LogP contribution < -0.4 is 0 Å². The second-order valence-electron chi connectivity index (χ2n) is 14.8. The number of hydrogen-bond acceptors (Lipinski definition) is 4. The van der Waals surface area contributed by atoms with Gasteiger partial charge in [0.1, 0.15) is 0 Å². The lowest BCUT2D eigenvalue weighted by Crippen LogP contribution is -2.41. The average Bonchev–Trinajstić information content (AvgIpc) is 3.05. The van der Waals surface area contributed by atoms with Crippen molar-refractivity contribution in [1.29, 1.82) is 0 Å². The molecule has 5 aromatic carbocycles. The molecule has 7 rings (SSSR count). The molecule has 2 aliphatic rings. The third-order valence-electron chi connectivity index (χ3n) is 10.3. The summed E-state index contributed by atoms with van der Waals surface area (Å²) in [6, 6.07) is 15.3. The standard InChI is InChI=1S/C41H44N2O4/c1-5-6-7-9-12-23-42-37(44)29-18-14-25-27-16-20-31-36-32(40(47)43(39(31)46)24-13-10-8-11-22-41(2,3)4)21-17-28(34(27)36)26-15-19-30(38(42)45)35(29)33(25)26/h14-21H,5-13,22-24H2,1-4H3. The van der Waals surface area contributed by atoms with Crippen LogP contribution in [0.5, 0.6) is 0 Å². The lowest BCUT2D eigenvalue weighted by molar-refractivity contribution is 0.0592. The second kappa shape index (κ2) is 12.0. The Hall–Kier alpha value is -4.32. The van der Waals surface area contributed by atoms with Gasteiger partial charge < -0.3 is 0 Å². The van der Waals surface area contributed by atoms with E-state index >= 15 is 0 Å². The lowest BCUT2D eigenvalue weighted by atomic mass is 9.82. The maximum Gasteiger partial charge on any atom is 0.261 e. The zero-order valence-electron chi connectivity index (χ0n) is 28.1. The first-order chi connectivity index (χ1) is 22.6. The van der Waals surface area contributed by atoms with E-state index in [4.69, 9.17) is 0 Å². The van der Waals surface area contributed by atoms with E-state index in [1.54, 1.807) is 0 Å². The predicted octanol–water partition coefficient (Wildman–Crippen LogP) is 9.90. The van der Waals surface area contributed by atoms with Gasteiger partial charge in [-0.05, 0) is 81.3 Å². The van der Waals surface area contributed by atoms with Crippen LogP contribution in [-0.4, -0.2) is 46.5 Å². The van der Waals surface area contributed by atoms with Crippen LogP contribution in [0.15, 0.2) is 48.5 Å². The summed E-state index contributed by atoms with van der Waals surface area (Å²) in [5, 5.41) is 6.87. The number of rotatable bonds is 12. The Bertz CT molecular complexity index is 1970. The highest BCUT2D eigenvalue weighted by molar-refractivity contribution is 6.41. The second-order valence-corrected chi connectivity index (χ2v) is 14.8. The summed E-state index contributed by atoms with van der Waals surface area (Å²) in [7, 11) is 0. The molecule has 6 heteroatoms. The van der Waals surface area contributed by atoms with Gasteiger partial charge in [-0.1, -0.05) is 96.9 Å². The third kappa shape index (κ3) is 5.17. The van der Waals surface area contributed by atoms with E-state index in [1.165, 1.54) is 16.2 Å². The van der Waals surface area contributed by atoms with Gasteiger partial charge in [-0.15, -0.1) is 0 Å². The first-order valence-electron chi connectivity index (χ1n) is 17.5. The molecule has 0 bridgehead atoms. The number of benzene rings is 5. The van der Waals surface area contributed by atoms with Crippen molar-refractivity contribution in [1.82, 2.24) is 9.80 Å². The van der Waals surface area contributed by atoms with Crippen molar-refractivity contribution in [2.45, 2.75) is 91.9 Å². The number of nitrogens with zero attached hydrogens (tertiary/aromatic N) is 2. The largest absolute Gasteiger partial charge is 0.274 e. The average molecular weight is 629 g/mol. The Morgan fingerprint density at radius 3 is 1.13 bits per heavy atom. The Labute approximate surface area is 276 Å². The Morgan fingerprint density at radius 2 is 0.787 bits per heavy atom. The van der Waals surface area contributed by atoms with E-state index in [1.807, 2.05) is 48.5 Å². The van der Waals surface area contributed by atoms with Crippen LogP contribution in [0.4, 0.5) is 0 Å². The number of unbranched alkanes of at least 4 members (excludes halogenated alkanes) is 7. The molecule has 242 valence electrons. The zero-order valence-corrected chi connectivity index (χ0v) is 28.1. The molecule has 0 spiro atoms. The molecule has 5 aromatic rings. The number of amides is 4. The van der Waals surface area contributed by atoms with E-state index in [9.17, 15) is 19.2 Å². The molecule has 2 heterocycles. The third-order valence-corrected chi connectivity index (χ3v) is 10.3. The number of carbonyl (C=O) groups is 4. The summed E-state index contributed by atoms with van der Waals surface area (Å²) < 4.78 is 0. The van der Waals surface area contributed by atoms with Crippen molar-refractivity contribution < 1.29 is 19.2 Å². The smallest absolute Gasteiger partial charge is 0.261 e. The first kappa shape index (κ1) is 31.3. The van der Waals surface area contributed by atoms with Crippen LogP contribution in [0.3, 0.4) is 0 Å². The molecule has 0 unspecified atom stereocenters. The zero-order chi connectivity index (χ0) is 33.0. The lowest BCUT2D eigenvalue weighted by Gasteiger charge is -2.30. The summed E-state index contributed by atoms with van der Waals surface area (Å²) in [4.78, 5) is 57.9. The molecular weight excluding hydrogens is 584 g/mol. The van der Waals surface area contributed by atoms with Crippen LogP contribution in [0.1, 0.15) is 133 Å². The summed E-state index contributed by atoms with van der Waals surface area (Å²) in [6.45, 7) is 9.78. The topological polar surface area (TPSA) is 74.8 Å². The highest BCUT2D eigenvalue weighted by Gasteiger charge is 2.36. The molecule has 0 saturated carbocycles. The number of hydrogen-bond donors (Lipinski definition) is 0. The van der Waals surface area contributed by atoms with Gasteiger partial charge in [0.2, 0.25) is 0 Å². The Kier molecular flexibility index (Phi) is 8.02. The molecule has 0 atom stereocenters. The maximum atomic E-state index is 13.8. The van der Waals surface area contributed by atoms with Crippen molar-refractivity contribution in [2.24, 2.45) is 5.41 Å². The number of fused-ring (bicyclic) bond motifs is 2. The molecule has 0 saturated heterocycles. The molecule has 0 N–H and O–H groups in total. The van der Waals surface area contributed by atoms with Gasteiger partial charge >= 0.3 is 0 Å². The summed E-state index contributed by atoms with van der Waals surface area (Å²) in [5.41, 5.74) is 2.55. The van der Waals surface area contributed by atoms with Gasteiger partial charge in [-0.2, -0.15) is 0 Å². The molecule has 0 radical (unpaired) electrons. The van der Waals surface area contributed by atoms with Crippen LogP contribution in [0, 0.1) is 5.41 Å². The van der Waals surface area contributed by atoms with Gasteiger partial charge in [-0.3, -0.25) is 29.0 Å². The fraction of sp³-hybridized carbons (Fsp3) is 0.415. The minimum absolute atomic E-state index is 0.233. The van der Waals surface area contributed by atoms with Crippen molar-refractivity contribution in [2.75, 3.05) is 13.1 Å². The van der Waals surface area contributed by atoms with Gasteiger partial charge in [0.25, 0.3) is 23.6 Å². The summed E-state index contributed by atoms with van der Waals surface area (Å²) >= 11 is 0. The molecule has 0 fully saturated rings. The Morgan fingerprint density at radius 1 is 0.447 bits per heavy atom. The van der Waals surface area contributed by atoms with Gasteiger partial charge in [0, 0.05) is 46.1 Å². The highest BCUT2D eigenvalue weighted by Crippen LogP contribution is 2.46. The molecule has 47 heavy (non-hydrogen) atoms. The monoisotopic (exact) mass is 628 g/mol. The molecular formula is C41H44N2O4. The van der Waals surface area contributed by atoms with Crippen molar-refractivity contribution in [3.8, 4) is 0 Å². The van der Waals surface area contributed by atoms with E-state index in [0.717, 1.165) is 90.1 Å². The minimum Gasteiger partial charge on any atom is -0.274 e. The highest BCUT2D eigenvalue weighted by atomic mass is 16.2. The van der Waals surface area contributed by atoms with Gasteiger partial charge in [-0.25, -0.2) is 0 Å². The van der Waals surface area contributed by atoms with Crippen molar-refractivity contribution in [3.05, 3.63) is 70.8 Å². The quantitative estimate of drug-likeness (QED) is 0.0596. The fourth-order valence-corrected chi connectivity index (χ4v) is 7.93. The molecule has 2 aliphatic heterocycles. The van der Waals surface area contributed by atoms with Crippen molar-refractivity contribution in [3.63, 3.8) is 0 Å². The van der Waals surface area contributed by atoms with E-state index in [-0.39, 0.29) is 23.6 Å². The Balaban J connectivity index is 1.25. The number of carbonyl (C=O) groups excluding carboxylic acids is 4. The molecule has 0 aromatic heterocycles. The molecule has 6 nitrogen and oxygen atoms in total. The van der Waals surface area contributed by atoms with Gasteiger partial charge in [0.15, 0.2) is 0 Å². The van der Waals surface area contributed by atoms with E-state index in [2.05, 4.69) is 27.7 Å². The van der Waals surface area contributed by atoms with Crippen molar-refractivity contribution >= 4 is 66.7 Å². The summed E-state index contributed by atoms with van der Waals surface area (Å²) in [6.07, 6.45) is 10.4. The molecule has 4 amide bonds. The van der Waals surface area contributed by atoms with E-state index < -0.39 is 0 Å². The van der Waals surface area contributed by atoms with Gasteiger partial charge in [0.05, 0.1) is 0 Å². The van der Waals surface area contributed by atoms with Crippen LogP contribution >= 0.6 is 0 Å².